The van der Waals surface area contributed by atoms with Crippen LogP contribution in [-0.4, -0.2) is 28.2 Å². The number of hydrogen-bond acceptors (Lipinski definition) is 5. The molecule has 4 rings (SSSR count). The number of ketones is 1. The minimum absolute atomic E-state index is 0.0223. The number of rotatable bonds is 5. The smallest absolute Gasteiger partial charge is 0.290 e. The highest BCUT2D eigenvalue weighted by atomic mass is 79.9. The number of halogens is 1. The van der Waals surface area contributed by atoms with Gasteiger partial charge in [-0.3, -0.25) is 9.59 Å². The molecule has 1 amide bonds. The van der Waals surface area contributed by atoms with Gasteiger partial charge in [0.25, 0.3) is 5.91 Å². The van der Waals surface area contributed by atoms with E-state index in [2.05, 4.69) is 15.9 Å². The van der Waals surface area contributed by atoms with Crippen LogP contribution in [0.25, 0.3) is 11.0 Å². The van der Waals surface area contributed by atoms with Crippen LogP contribution in [0.4, 0.5) is 0 Å². The van der Waals surface area contributed by atoms with Crippen molar-refractivity contribution in [3.05, 3.63) is 69.5 Å². The maximum absolute atomic E-state index is 13.3. The Morgan fingerprint density at radius 1 is 1.21 bits per heavy atom. The quantitative estimate of drug-likeness (QED) is 0.555. The zero-order valence-electron chi connectivity index (χ0n) is 15.4. The highest BCUT2D eigenvalue weighted by molar-refractivity contribution is 9.10. The lowest BCUT2D eigenvalue weighted by atomic mass is 9.99. The lowest BCUT2D eigenvalue weighted by Gasteiger charge is -2.24. The molecule has 1 aliphatic heterocycles. The number of hydrogen-bond donors (Lipinski definition) is 1. The molecule has 0 fully saturated rings. The second-order valence-electron chi connectivity index (χ2n) is 6.73. The minimum Gasteiger partial charge on any atom is -0.503 e. The normalized spacial score (nSPS) is 17.2. The zero-order valence-corrected chi connectivity index (χ0v) is 16.9. The van der Waals surface area contributed by atoms with Crippen LogP contribution in [0.3, 0.4) is 0 Å². The summed E-state index contributed by atoms with van der Waals surface area (Å²) in [5.41, 5.74) is 0.526. The lowest BCUT2D eigenvalue weighted by Crippen LogP contribution is -2.31. The largest absolute Gasteiger partial charge is 0.503 e. The van der Waals surface area contributed by atoms with Crippen LogP contribution in [-0.2, 0) is 4.79 Å². The van der Waals surface area contributed by atoms with Gasteiger partial charge in [0.2, 0.25) is 5.78 Å². The van der Waals surface area contributed by atoms with E-state index in [0.717, 1.165) is 9.86 Å². The number of aryl methyl sites for hydroxylation is 1. The Hall–Kier alpha value is -2.80. The first-order chi connectivity index (χ1) is 13.4. The molecule has 0 spiro atoms. The highest BCUT2D eigenvalue weighted by Gasteiger charge is 2.45. The van der Waals surface area contributed by atoms with Gasteiger partial charge in [-0.25, -0.2) is 0 Å². The zero-order chi connectivity index (χ0) is 20.0. The first-order valence-corrected chi connectivity index (χ1v) is 9.74. The van der Waals surface area contributed by atoms with E-state index in [9.17, 15) is 14.7 Å². The Labute approximate surface area is 169 Å². The topological polar surface area (TPSA) is 83.9 Å². The summed E-state index contributed by atoms with van der Waals surface area (Å²) in [6, 6.07) is 9.71. The summed E-state index contributed by atoms with van der Waals surface area (Å²) in [5.74, 6) is -0.511. The molecular formula is C21H18BrNO5. The van der Waals surface area contributed by atoms with E-state index in [1.54, 1.807) is 31.2 Å². The van der Waals surface area contributed by atoms with Crippen molar-refractivity contribution in [2.45, 2.75) is 26.3 Å². The van der Waals surface area contributed by atoms with Crippen LogP contribution < -0.4 is 0 Å². The van der Waals surface area contributed by atoms with Gasteiger partial charge < -0.3 is 18.8 Å². The molecule has 0 aliphatic carbocycles. The number of nitrogens with zero attached hydrogens (tertiary/aromatic N) is 1. The van der Waals surface area contributed by atoms with E-state index in [-0.39, 0.29) is 11.3 Å². The third-order valence-corrected chi connectivity index (χ3v) is 5.24. The van der Waals surface area contributed by atoms with Gasteiger partial charge in [0.05, 0.1) is 5.57 Å². The third kappa shape index (κ3) is 2.96. The summed E-state index contributed by atoms with van der Waals surface area (Å²) in [5, 5.41) is 11.3. The van der Waals surface area contributed by atoms with Crippen LogP contribution in [0.2, 0.25) is 0 Å². The van der Waals surface area contributed by atoms with Crippen molar-refractivity contribution < 1.29 is 23.5 Å². The van der Waals surface area contributed by atoms with Gasteiger partial charge in [-0.1, -0.05) is 22.9 Å². The van der Waals surface area contributed by atoms with Gasteiger partial charge >= 0.3 is 0 Å². The predicted octanol–water partition coefficient (Wildman–Crippen LogP) is 5.09. The molecule has 1 aliphatic rings. The maximum Gasteiger partial charge on any atom is 0.290 e. The van der Waals surface area contributed by atoms with Crippen molar-refractivity contribution in [1.82, 2.24) is 4.90 Å². The molecule has 0 radical (unpaired) electrons. The molecular weight excluding hydrogens is 426 g/mol. The summed E-state index contributed by atoms with van der Waals surface area (Å²) in [7, 11) is 0. The van der Waals surface area contributed by atoms with Crippen molar-refractivity contribution in [2.75, 3.05) is 6.54 Å². The van der Waals surface area contributed by atoms with Crippen LogP contribution >= 0.6 is 15.9 Å². The number of Topliss-reactive ketones (excluding diaryl/α,β-unsaturated/α-hetero) is 1. The second kappa shape index (κ2) is 6.98. The number of benzene rings is 1. The summed E-state index contributed by atoms with van der Waals surface area (Å²) in [6.07, 6.45) is 0.676. The maximum atomic E-state index is 13.3. The van der Waals surface area contributed by atoms with E-state index in [4.69, 9.17) is 8.83 Å². The van der Waals surface area contributed by atoms with E-state index in [1.807, 2.05) is 19.1 Å². The van der Waals surface area contributed by atoms with Gasteiger partial charge in [0, 0.05) is 16.4 Å². The molecule has 0 bridgehead atoms. The fraction of sp³-hybridized carbons (Fsp3) is 0.238. The third-order valence-electron chi connectivity index (χ3n) is 4.75. The Morgan fingerprint density at radius 2 is 2.00 bits per heavy atom. The number of fused-ring (bicyclic) bond motifs is 1. The molecule has 3 aromatic rings. The van der Waals surface area contributed by atoms with Crippen LogP contribution in [0.1, 0.15) is 41.5 Å². The SMILES string of the molecule is CCCN1C(=O)C(O)=C(C(=O)c2cc3cc(Br)ccc3o2)C1c1ccc(C)o1. The number of amides is 1. The first kappa shape index (κ1) is 18.6. The monoisotopic (exact) mass is 443 g/mol. The van der Waals surface area contributed by atoms with Crippen LogP contribution in [0.5, 0.6) is 0 Å². The highest BCUT2D eigenvalue weighted by Crippen LogP contribution is 2.40. The fourth-order valence-electron chi connectivity index (χ4n) is 3.51. The first-order valence-electron chi connectivity index (χ1n) is 8.95. The molecule has 1 unspecified atom stereocenters. The second-order valence-corrected chi connectivity index (χ2v) is 7.65. The average Bonchev–Trinajstić information content (AvgIpc) is 3.33. The van der Waals surface area contributed by atoms with E-state index in [1.165, 1.54) is 4.90 Å². The van der Waals surface area contributed by atoms with Crippen molar-refractivity contribution in [1.29, 1.82) is 0 Å². The Balaban J connectivity index is 1.81. The average molecular weight is 444 g/mol. The van der Waals surface area contributed by atoms with E-state index < -0.39 is 23.5 Å². The van der Waals surface area contributed by atoms with Crippen LogP contribution in [0.15, 0.2) is 61.0 Å². The molecule has 0 saturated carbocycles. The van der Waals surface area contributed by atoms with Crippen LogP contribution in [0, 0.1) is 6.92 Å². The van der Waals surface area contributed by atoms with Crippen molar-refractivity contribution in [3.63, 3.8) is 0 Å². The fourth-order valence-corrected chi connectivity index (χ4v) is 3.89. The molecule has 1 aromatic carbocycles. The molecule has 6 nitrogen and oxygen atoms in total. The molecule has 3 heterocycles. The summed E-state index contributed by atoms with van der Waals surface area (Å²) in [6.45, 7) is 4.09. The van der Waals surface area contributed by atoms with Crippen molar-refractivity contribution in [2.24, 2.45) is 0 Å². The number of aliphatic hydroxyl groups excluding tert-OH is 1. The Morgan fingerprint density at radius 3 is 2.68 bits per heavy atom. The van der Waals surface area contributed by atoms with Gasteiger partial charge in [0.15, 0.2) is 11.5 Å². The minimum atomic E-state index is -0.784. The Bertz CT molecular complexity index is 1120. The van der Waals surface area contributed by atoms with Crippen molar-refractivity contribution >= 4 is 38.6 Å². The number of furan rings is 2. The van der Waals surface area contributed by atoms with Gasteiger partial charge in [-0.05, 0) is 49.7 Å². The summed E-state index contributed by atoms with van der Waals surface area (Å²) in [4.78, 5) is 27.3. The van der Waals surface area contributed by atoms with Gasteiger partial charge in [-0.2, -0.15) is 0 Å². The molecule has 1 atom stereocenters. The molecule has 144 valence electrons. The van der Waals surface area contributed by atoms with Crippen molar-refractivity contribution in [3.8, 4) is 0 Å². The molecule has 1 N–H and O–H groups in total. The predicted molar refractivity (Wildman–Crippen MR) is 106 cm³/mol. The van der Waals surface area contributed by atoms with E-state index in [0.29, 0.717) is 30.1 Å². The van der Waals surface area contributed by atoms with Gasteiger partial charge in [-0.15, -0.1) is 0 Å². The summed E-state index contributed by atoms with van der Waals surface area (Å²) >= 11 is 3.39. The lowest BCUT2D eigenvalue weighted by molar-refractivity contribution is -0.129. The number of carbonyl (C=O) groups is 2. The Kier molecular flexibility index (Phi) is 4.63. The number of carbonyl (C=O) groups excluding carboxylic acids is 2. The number of aliphatic hydroxyl groups is 1. The molecule has 7 heteroatoms. The molecule has 2 aromatic heterocycles. The molecule has 0 saturated heterocycles. The standard InChI is InChI=1S/C21H18BrNO5/c1-3-8-23-18(15-6-4-11(2)27-15)17(20(25)21(23)26)19(24)16-10-12-9-13(22)5-7-14(12)28-16/h4-7,9-10,18,25H,3,8H2,1-2H3. The van der Waals surface area contributed by atoms with E-state index >= 15 is 0 Å². The molecule has 28 heavy (non-hydrogen) atoms. The summed E-state index contributed by atoms with van der Waals surface area (Å²) < 4.78 is 12.3. The van der Waals surface area contributed by atoms with Gasteiger partial charge in [0.1, 0.15) is 23.1 Å².